The van der Waals surface area contributed by atoms with Crippen LogP contribution in [0, 0.1) is 0 Å². The van der Waals surface area contributed by atoms with Gasteiger partial charge in [-0.1, -0.05) is 25.3 Å². The normalized spacial score (nSPS) is 17.4. The van der Waals surface area contributed by atoms with Crippen LogP contribution in [0.25, 0.3) is 0 Å². The van der Waals surface area contributed by atoms with Gasteiger partial charge in [0.2, 0.25) is 0 Å². The van der Waals surface area contributed by atoms with Gasteiger partial charge >= 0.3 is 7.12 Å². The first-order chi connectivity index (χ1) is 7.68. The van der Waals surface area contributed by atoms with Crippen molar-refractivity contribution in [1.29, 1.82) is 0 Å². The fourth-order valence-corrected chi connectivity index (χ4v) is 2.60. The third-order valence-electron chi connectivity index (χ3n) is 3.43. The van der Waals surface area contributed by atoms with Gasteiger partial charge in [-0.3, -0.25) is 0 Å². The molecule has 0 spiro atoms. The summed E-state index contributed by atoms with van der Waals surface area (Å²) < 4.78 is 0. The van der Waals surface area contributed by atoms with Crippen LogP contribution in [0.1, 0.15) is 43.6 Å². The average Bonchev–Trinajstić information content (AvgIpc) is 2.29. The van der Waals surface area contributed by atoms with Crippen LogP contribution in [0.15, 0.2) is 18.2 Å². The van der Waals surface area contributed by atoms with Crippen molar-refractivity contribution in [2.45, 2.75) is 38.0 Å². The minimum Gasteiger partial charge on any atom is -0.423 e. The van der Waals surface area contributed by atoms with E-state index in [9.17, 15) is 10.0 Å². The quantitative estimate of drug-likeness (QED) is 0.513. The van der Waals surface area contributed by atoms with Gasteiger partial charge in [-0.05, 0) is 41.9 Å². The number of hydrogen-bond donors (Lipinski definition) is 3. The lowest BCUT2D eigenvalue weighted by atomic mass is 9.71. The monoisotopic (exact) mass is 219 g/mol. The van der Waals surface area contributed by atoms with Crippen molar-refractivity contribution >= 4 is 18.3 Å². The predicted octanol–water partition coefficient (Wildman–Crippen LogP) is 0.996. The van der Waals surface area contributed by atoms with Crippen molar-refractivity contribution in [2.75, 3.05) is 5.73 Å². The van der Waals surface area contributed by atoms with E-state index in [-0.39, 0.29) is 0 Å². The SMILES string of the molecule is Nc1ccc(B(O)O)c(C2CCCCC2)c1. The van der Waals surface area contributed by atoms with Crippen LogP contribution in [0.4, 0.5) is 5.69 Å². The summed E-state index contributed by atoms with van der Waals surface area (Å²) in [7, 11) is -1.39. The van der Waals surface area contributed by atoms with Gasteiger partial charge in [0.15, 0.2) is 0 Å². The smallest absolute Gasteiger partial charge is 0.423 e. The molecule has 4 heteroatoms. The van der Waals surface area contributed by atoms with Crippen LogP contribution in [0.3, 0.4) is 0 Å². The molecule has 1 aliphatic rings. The molecule has 86 valence electrons. The molecule has 0 amide bonds. The molecule has 0 saturated heterocycles. The minimum absolute atomic E-state index is 0.439. The van der Waals surface area contributed by atoms with E-state index in [1.165, 1.54) is 19.3 Å². The lowest BCUT2D eigenvalue weighted by molar-refractivity contribution is 0.420. The van der Waals surface area contributed by atoms with Crippen LogP contribution >= 0.6 is 0 Å². The molecule has 1 aromatic rings. The standard InChI is InChI=1S/C12H18BNO2/c14-10-6-7-12(13(15)16)11(8-10)9-4-2-1-3-5-9/h6-9,15-16H,1-5,14H2. The van der Waals surface area contributed by atoms with Crippen LogP contribution < -0.4 is 11.2 Å². The summed E-state index contributed by atoms with van der Waals surface area (Å²) in [5.74, 6) is 0.439. The van der Waals surface area contributed by atoms with E-state index < -0.39 is 7.12 Å². The van der Waals surface area contributed by atoms with Crippen molar-refractivity contribution in [1.82, 2.24) is 0 Å². The van der Waals surface area contributed by atoms with Crippen molar-refractivity contribution in [3.8, 4) is 0 Å². The van der Waals surface area contributed by atoms with Gasteiger partial charge in [0.1, 0.15) is 0 Å². The molecule has 0 bridgehead atoms. The van der Waals surface area contributed by atoms with Gasteiger partial charge in [-0.25, -0.2) is 0 Å². The van der Waals surface area contributed by atoms with Crippen molar-refractivity contribution in [3.05, 3.63) is 23.8 Å². The first kappa shape index (κ1) is 11.5. The lowest BCUT2D eigenvalue weighted by Gasteiger charge is -2.24. The molecule has 2 rings (SSSR count). The number of anilines is 1. The zero-order chi connectivity index (χ0) is 11.5. The van der Waals surface area contributed by atoms with E-state index >= 15 is 0 Å². The fraction of sp³-hybridized carbons (Fsp3) is 0.500. The summed E-state index contributed by atoms with van der Waals surface area (Å²) in [6, 6.07) is 5.34. The Labute approximate surface area is 96.4 Å². The molecule has 0 atom stereocenters. The van der Waals surface area contributed by atoms with Crippen LogP contribution in [0.2, 0.25) is 0 Å². The van der Waals surface area contributed by atoms with Gasteiger partial charge in [-0.2, -0.15) is 0 Å². The van der Waals surface area contributed by atoms with Crippen molar-refractivity contribution in [2.24, 2.45) is 0 Å². The van der Waals surface area contributed by atoms with Gasteiger partial charge in [-0.15, -0.1) is 0 Å². The Balaban J connectivity index is 2.32. The first-order valence-electron chi connectivity index (χ1n) is 5.94. The van der Waals surface area contributed by atoms with E-state index in [2.05, 4.69) is 0 Å². The second kappa shape index (κ2) is 4.89. The summed E-state index contributed by atoms with van der Waals surface area (Å²) in [6.45, 7) is 0. The number of hydrogen-bond acceptors (Lipinski definition) is 3. The highest BCUT2D eigenvalue weighted by atomic mass is 16.4. The highest BCUT2D eigenvalue weighted by molar-refractivity contribution is 6.59. The van der Waals surface area contributed by atoms with Gasteiger partial charge in [0.05, 0.1) is 0 Å². The summed E-state index contributed by atoms with van der Waals surface area (Å²) in [4.78, 5) is 0. The Morgan fingerprint density at radius 3 is 2.44 bits per heavy atom. The Hall–Kier alpha value is -0.995. The fourth-order valence-electron chi connectivity index (χ4n) is 2.60. The molecule has 0 radical (unpaired) electrons. The third kappa shape index (κ3) is 2.39. The molecule has 0 unspecified atom stereocenters. The maximum atomic E-state index is 9.34. The number of nitrogens with two attached hydrogens (primary N) is 1. The summed E-state index contributed by atoms with van der Waals surface area (Å²) in [6.07, 6.45) is 5.99. The van der Waals surface area contributed by atoms with E-state index in [0.717, 1.165) is 18.4 Å². The second-order valence-electron chi connectivity index (χ2n) is 4.60. The zero-order valence-corrected chi connectivity index (χ0v) is 9.39. The van der Waals surface area contributed by atoms with Crippen molar-refractivity contribution < 1.29 is 10.0 Å². The van der Waals surface area contributed by atoms with Crippen LogP contribution in [-0.2, 0) is 0 Å². The number of nitrogen functional groups attached to an aromatic ring is 1. The van der Waals surface area contributed by atoms with E-state index in [1.54, 1.807) is 12.1 Å². The van der Waals surface area contributed by atoms with Crippen LogP contribution in [0.5, 0.6) is 0 Å². The van der Waals surface area contributed by atoms with E-state index in [0.29, 0.717) is 17.1 Å². The Kier molecular flexibility index (Phi) is 3.51. The molecule has 16 heavy (non-hydrogen) atoms. The molecule has 1 aromatic carbocycles. The first-order valence-corrected chi connectivity index (χ1v) is 5.94. The third-order valence-corrected chi connectivity index (χ3v) is 3.43. The second-order valence-corrected chi connectivity index (χ2v) is 4.60. The highest BCUT2D eigenvalue weighted by Gasteiger charge is 2.23. The lowest BCUT2D eigenvalue weighted by Crippen LogP contribution is -2.34. The van der Waals surface area contributed by atoms with Crippen LogP contribution in [-0.4, -0.2) is 17.2 Å². The van der Waals surface area contributed by atoms with Gasteiger partial charge in [0.25, 0.3) is 0 Å². The minimum atomic E-state index is -1.39. The predicted molar refractivity (Wildman–Crippen MR) is 66.5 cm³/mol. The number of benzene rings is 1. The zero-order valence-electron chi connectivity index (χ0n) is 9.39. The highest BCUT2D eigenvalue weighted by Crippen LogP contribution is 2.32. The molecule has 4 N–H and O–H groups in total. The number of rotatable bonds is 2. The summed E-state index contributed by atoms with van der Waals surface area (Å²) >= 11 is 0. The Bertz CT molecular complexity index is 362. The molecular weight excluding hydrogens is 201 g/mol. The molecule has 1 saturated carbocycles. The molecule has 1 fully saturated rings. The largest absolute Gasteiger partial charge is 0.488 e. The molecule has 1 aliphatic carbocycles. The van der Waals surface area contributed by atoms with E-state index in [1.807, 2.05) is 6.07 Å². The Morgan fingerprint density at radius 1 is 1.12 bits per heavy atom. The van der Waals surface area contributed by atoms with Gasteiger partial charge < -0.3 is 15.8 Å². The maximum absolute atomic E-state index is 9.34. The maximum Gasteiger partial charge on any atom is 0.488 e. The summed E-state index contributed by atoms with van der Waals surface area (Å²) in [5, 5.41) is 18.7. The molecule has 0 heterocycles. The topological polar surface area (TPSA) is 66.5 Å². The average molecular weight is 219 g/mol. The van der Waals surface area contributed by atoms with E-state index in [4.69, 9.17) is 5.73 Å². The molecule has 0 aromatic heterocycles. The Morgan fingerprint density at radius 2 is 1.81 bits per heavy atom. The molecule has 0 aliphatic heterocycles. The summed E-state index contributed by atoms with van der Waals surface area (Å²) in [5.41, 5.74) is 8.11. The molecular formula is C12H18BNO2. The molecule has 3 nitrogen and oxygen atoms in total. The van der Waals surface area contributed by atoms with Crippen molar-refractivity contribution in [3.63, 3.8) is 0 Å². The van der Waals surface area contributed by atoms with Gasteiger partial charge in [0, 0.05) is 5.69 Å².